The minimum atomic E-state index is -3.92. The number of aromatic nitrogens is 2. The fourth-order valence-electron chi connectivity index (χ4n) is 4.18. The number of nitrogens with zero attached hydrogens (tertiary/aromatic N) is 3. The molecule has 1 heterocycles. The lowest BCUT2D eigenvalue weighted by Gasteiger charge is -2.21. The summed E-state index contributed by atoms with van der Waals surface area (Å²) in [6.07, 6.45) is 3.12. The van der Waals surface area contributed by atoms with E-state index in [1.165, 1.54) is 28.6 Å². The molecule has 0 aliphatic heterocycles. The molecule has 1 fully saturated rings. The Labute approximate surface area is 242 Å². The van der Waals surface area contributed by atoms with E-state index < -0.39 is 15.9 Å². The number of amides is 1. The average Bonchev–Trinajstić information content (AvgIpc) is 3.71. The van der Waals surface area contributed by atoms with Gasteiger partial charge in [0.1, 0.15) is 11.5 Å². The fraction of sp³-hybridized carbons (Fsp3) is 0.214. The second-order valence-corrected chi connectivity index (χ2v) is 11.9. The molecular weight excluding hydrogens is 575 g/mol. The summed E-state index contributed by atoms with van der Waals surface area (Å²) in [6.45, 7) is -0.375. The van der Waals surface area contributed by atoms with Crippen LogP contribution in [-0.2, 0) is 14.8 Å². The Bertz CT molecular complexity index is 1610. The maximum absolute atomic E-state index is 13.4. The van der Waals surface area contributed by atoms with Crippen molar-refractivity contribution in [2.24, 2.45) is 0 Å². The molecule has 0 saturated heterocycles. The van der Waals surface area contributed by atoms with E-state index in [9.17, 15) is 13.2 Å². The van der Waals surface area contributed by atoms with Crippen molar-refractivity contribution >= 4 is 45.1 Å². The molecule has 1 aromatic heterocycles. The van der Waals surface area contributed by atoms with Gasteiger partial charge in [0.2, 0.25) is 21.9 Å². The van der Waals surface area contributed by atoms with Crippen LogP contribution in [0.4, 0.5) is 5.95 Å². The highest BCUT2D eigenvalue weighted by molar-refractivity contribution is 7.89. The van der Waals surface area contributed by atoms with E-state index in [0.29, 0.717) is 45.8 Å². The minimum Gasteiger partial charge on any atom is -0.497 e. The van der Waals surface area contributed by atoms with Crippen molar-refractivity contribution in [3.63, 3.8) is 0 Å². The number of imidazole rings is 1. The van der Waals surface area contributed by atoms with Crippen LogP contribution in [0.2, 0.25) is 10.0 Å². The molecule has 5 rings (SSSR count). The van der Waals surface area contributed by atoms with Crippen molar-refractivity contribution in [3.05, 3.63) is 83.0 Å². The first-order chi connectivity index (χ1) is 19.2. The van der Waals surface area contributed by atoms with Crippen molar-refractivity contribution in [2.75, 3.05) is 26.1 Å². The third-order valence-electron chi connectivity index (χ3n) is 6.39. The molecule has 208 valence electrons. The number of halogens is 2. The van der Waals surface area contributed by atoms with E-state index in [0.717, 1.165) is 5.56 Å². The van der Waals surface area contributed by atoms with Crippen LogP contribution < -0.4 is 14.8 Å². The van der Waals surface area contributed by atoms with Crippen LogP contribution in [0.25, 0.3) is 16.9 Å². The first-order valence-corrected chi connectivity index (χ1v) is 14.5. The molecule has 40 heavy (non-hydrogen) atoms. The molecule has 0 bridgehead atoms. The summed E-state index contributed by atoms with van der Waals surface area (Å²) in [5, 5.41) is 3.81. The summed E-state index contributed by atoms with van der Waals surface area (Å²) in [5.41, 5.74) is 1.96. The third-order valence-corrected chi connectivity index (χ3v) is 8.80. The Morgan fingerprint density at radius 3 is 2.10 bits per heavy atom. The topological polar surface area (TPSA) is 103 Å². The summed E-state index contributed by atoms with van der Waals surface area (Å²) in [7, 11) is -0.836. The lowest BCUT2D eigenvalue weighted by Crippen LogP contribution is -2.39. The van der Waals surface area contributed by atoms with Gasteiger partial charge in [0.15, 0.2) is 0 Å². The van der Waals surface area contributed by atoms with Crippen LogP contribution in [0.5, 0.6) is 11.5 Å². The average molecular weight is 602 g/mol. The maximum Gasteiger partial charge on any atom is 0.243 e. The van der Waals surface area contributed by atoms with Gasteiger partial charge in [-0.3, -0.25) is 14.7 Å². The maximum atomic E-state index is 13.4. The van der Waals surface area contributed by atoms with Crippen molar-refractivity contribution in [3.8, 4) is 28.4 Å². The summed E-state index contributed by atoms with van der Waals surface area (Å²) < 4.78 is 40.6. The van der Waals surface area contributed by atoms with E-state index >= 15 is 0 Å². The number of hydrogen-bond acceptors (Lipinski definition) is 6. The van der Waals surface area contributed by atoms with Crippen molar-refractivity contribution in [1.29, 1.82) is 0 Å². The Balaban J connectivity index is 1.48. The first kappa shape index (κ1) is 28.0. The largest absolute Gasteiger partial charge is 0.497 e. The Morgan fingerprint density at radius 2 is 1.55 bits per heavy atom. The minimum absolute atomic E-state index is 0.0756. The highest BCUT2D eigenvalue weighted by Crippen LogP contribution is 2.33. The van der Waals surface area contributed by atoms with Gasteiger partial charge in [-0.1, -0.05) is 35.3 Å². The van der Waals surface area contributed by atoms with Crippen LogP contribution in [0.15, 0.2) is 77.8 Å². The van der Waals surface area contributed by atoms with Gasteiger partial charge in [-0.15, -0.1) is 0 Å². The fourth-order valence-corrected chi connectivity index (χ4v) is 6.07. The number of nitrogens with one attached hydrogen (secondary N) is 1. The molecule has 0 radical (unpaired) electrons. The molecule has 12 heteroatoms. The highest BCUT2D eigenvalue weighted by Gasteiger charge is 2.39. The van der Waals surface area contributed by atoms with Crippen LogP contribution in [-0.4, -0.2) is 55.0 Å². The van der Waals surface area contributed by atoms with Crippen molar-refractivity contribution in [1.82, 2.24) is 13.9 Å². The second kappa shape index (κ2) is 11.5. The molecule has 0 atom stereocenters. The predicted octanol–water partition coefficient (Wildman–Crippen LogP) is 5.66. The highest BCUT2D eigenvalue weighted by atomic mass is 35.5. The molecule has 1 amide bonds. The summed E-state index contributed by atoms with van der Waals surface area (Å²) >= 11 is 12.0. The SMILES string of the molecule is COc1cc(OC)cc(-n2cc(-c3ccc(Cl)cc3)nc2NC(=O)CN(C2CC2)S(=O)(=O)c2ccc(Cl)cc2)c1. The van der Waals surface area contributed by atoms with Crippen LogP contribution in [0.1, 0.15) is 12.8 Å². The number of carbonyl (C=O) groups excluding carboxylic acids is 1. The summed E-state index contributed by atoms with van der Waals surface area (Å²) in [6, 6.07) is 18.1. The lowest BCUT2D eigenvalue weighted by atomic mass is 10.2. The van der Waals surface area contributed by atoms with Crippen molar-refractivity contribution < 1.29 is 22.7 Å². The molecule has 0 spiro atoms. The van der Waals surface area contributed by atoms with Crippen LogP contribution in [0.3, 0.4) is 0 Å². The van der Waals surface area contributed by atoms with Gasteiger partial charge in [-0.2, -0.15) is 4.31 Å². The second-order valence-electron chi connectivity index (χ2n) is 9.18. The van der Waals surface area contributed by atoms with Crippen molar-refractivity contribution in [2.45, 2.75) is 23.8 Å². The van der Waals surface area contributed by atoms with E-state index in [4.69, 9.17) is 32.7 Å². The zero-order valence-electron chi connectivity index (χ0n) is 21.7. The Hall–Kier alpha value is -3.57. The van der Waals surface area contributed by atoms with Crippen LogP contribution >= 0.6 is 23.2 Å². The third kappa shape index (κ3) is 6.10. The normalized spacial score (nSPS) is 13.3. The van der Waals surface area contributed by atoms with E-state index in [2.05, 4.69) is 10.3 Å². The zero-order valence-corrected chi connectivity index (χ0v) is 24.0. The van der Waals surface area contributed by atoms with Gasteiger partial charge < -0.3 is 9.47 Å². The monoisotopic (exact) mass is 600 g/mol. The molecular formula is C28H26Cl2N4O5S. The molecule has 3 aromatic carbocycles. The Kier molecular flexibility index (Phi) is 8.04. The number of anilines is 1. The number of hydrogen-bond donors (Lipinski definition) is 1. The van der Waals surface area contributed by atoms with E-state index in [-0.39, 0.29) is 23.4 Å². The quantitative estimate of drug-likeness (QED) is 0.252. The number of ether oxygens (including phenoxy) is 2. The van der Waals surface area contributed by atoms with Gasteiger partial charge in [-0.05, 0) is 49.2 Å². The van der Waals surface area contributed by atoms with Gasteiger partial charge in [0.25, 0.3) is 0 Å². The molecule has 1 aliphatic rings. The first-order valence-electron chi connectivity index (χ1n) is 12.3. The number of carbonyl (C=O) groups is 1. The summed E-state index contributed by atoms with van der Waals surface area (Å²) in [5.74, 6) is 0.753. The zero-order chi connectivity index (χ0) is 28.4. The molecule has 0 unspecified atom stereocenters. The number of benzene rings is 3. The number of methoxy groups -OCH3 is 2. The van der Waals surface area contributed by atoms with E-state index in [1.807, 2.05) is 12.1 Å². The molecule has 1 N–H and O–H groups in total. The number of sulfonamides is 1. The van der Waals surface area contributed by atoms with Gasteiger partial charge in [-0.25, -0.2) is 13.4 Å². The Morgan fingerprint density at radius 1 is 0.975 bits per heavy atom. The van der Waals surface area contributed by atoms with Gasteiger partial charge >= 0.3 is 0 Å². The smallest absolute Gasteiger partial charge is 0.243 e. The van der Waals surface area contributed by atoms with E-state index in [1.54, 1.807) is 55.3 Å². The standard InChI is InChI=1S/C28H26Cl2N4O5S/c1-38-23-13-22(14-24(15-23)39-2)33-16-26(18-3-5-19(29)6-4-18)31-28(33)32-27(35)17-34(21-9-10-21)40(36,37)25-11-7-20(30)8-12-25/h3-8,11-16,21H,9-10,17H2,1-2H3,(H,31,32,35). The molecule has 9 nitrogen and oxygen atoms in total. The van der Waals surface area contributed by atoms with Crippen LogP contribution in [0, 0.1) is 0 Å². The summed E-state index contributed by atoms with van der Waals surface area (Å²) in [4.78, 5) is 18.1. The molecule has 4 aromatic rings. The number of rotatable bonds is 10. The van der Waals surface area contributed by atoms with Gasteiger partial charge in [0, 0.05) is 46.0 Å². The lowest BCUT2D eigenvalue weighted by molar-refractivity contribution is -0.116. The molecule has 1 saturated carbocycles. The van der Waals surface area contributed by atoms with Gasteiger partial charge in [0.05, 0.1) is 37.0 Å². The predicted molar refractivity (Wildman–Crippen MR) is 154 cm³/mol. The molecule has 1 aliphatic carbocycles.